The van der Waals surface area contributed by atoms with Crippen LogP contribution >= 0.6 is 0 Å². The Bertz CT molecular complexity index is 954. The molecule has 190 valence electrons. The van der Waals surface area contributed by atoms with E-state index in [0.717, 1.165) is 0 Å². The monoisotopic (exact) mass is 543 g/mol. The lowest BCUT2D eigenvalue weighted by atomic mass is 9.99. The molecule has 0 amide bonds. The average Bonchev–Trinajstić information content (AvgIpc) is 2.57. The summed E-state index contributed by atoms with van der Waals surface area (Å²) in [6.45, 7) is -1.89. The third-order valence-corrected chi connectivity index (χ3v) is 7.64. The number of carbonyl (C=O) groups is 2. The third kappa shape index (κ3) is 4.17. The predicted octanol–water partition coefficient (Wildman–Crippen LogP) is 2.18. The van der Waals surface area contributed by atoms with Crippen molar-refractivity contribution in [3.05, 3.63) is 0 Å². The zero-order valence-electron chi connectivity index (χ0n) is 15.0. The second kappa shape index (κ2) is 7.99. The van der Waals surface area contributed by atoms with Crippen LogP contribution in [0.2, 0.25) is 0 Å². The summed E-state index contributed by atoms with van der Waals surface area (Å²) in [4.78, 5) is 22.4. The van der Waals surface area contributed by atoms with E-state index in [9.17, 15) is 79.1 Å². The lowest BCUT2D eigenvalue weighted by molar-refractivity contribution is -0.244. The van der Waals surface area contributed by atoms with Gasteiger partial charge in [0.25, 0.3) is 21.6 Å². The zero-order valence-corrected chi connectivity index (χ0v) is 16.6. The quantitative estimate of drug-likeness (QED) is 0.353. The van der Waals surface area contributed by atoms with Crippen LogP contribution in [0.15, 0.2) is 0 Å². The Morgan fingerprint density at radius 3 is 1.25 bits per heavy atom. The van der Waals surface area contributed by atoms with Crippen LogP contribution in [-0.4, -0.2) is 68.5 Å². The van der Waals surface area contributed by atoms with E-state index in [-0.39, 0.29) is 0 Å². The van der Waals surface area contributed by atoms with Crippen molar-refractivity contribution in [1.29, 1.82) is 0 Å². The highest BCUT2D eigenvalue weighted by Gasteiger charge is 2.86. The topological polar surface area (TPSA) is 114 Å². The molecule has 0 aliphatic heterocycles. The van der Waals surface area contributed by atoms with E-state index in [1.54, 1.807) is 0 Å². The van der Waals surface area contributed by atoms with E-state index in [1.165, 1.54) is 0 Å². The number of alkyl halides is 12. The summed E-state index contributed by atoms with van der Waals surface area (Å²) < 4.78 is 199. The minimum absolute atomic E-state index is 0.545. The van der Waals surface area contributed by atoms with Gasteiger partial charge in [-0.1, -0.05) is 6.92 Å². The lowest BCUT2D eigenvalue weighted by Gasteiger charge is -2.36. The fourth-order valence-corrected chi connectivity index (χ4v) is 4.72. The molecular weight excluding hydrogens is 534 g/mol. The summed E-state index contributed by atoms with van der Waals surface area (Å²) in [6.07, 6.45) is -13.8. The molecule has 0 aromatic rings. The molecule has 0 unspecified atom stereocenters. The van der Waals surface area contributed by atoms with Gasteiger partial charge in [0.1, 0.15) is 0 Å². The van der Waals surface area contributed by atoms with Crippen LogP contribution in [0.5, 0.6) is 0 Å². The molecule has 0 saturated heterocycles. The fourth-order valence-electron chi connectivity index (χ4n) is 1.93. The maximum Gasteiger partial charge on any atom is 0.452 e. The largest absolute Gasteiger partial charge is 0.452 e. The lowest BCUT2D eigenvalue weighted by Crippen LogP contribution is -2.70. The first-order chi connectivity index (χ1) is 13.6. The Morgan fingerprint density at radius 1 is 0.688 bits per heavy atom. The summed E-state index contributed by atoms with van der Waals surface area (Å²) in [5.41, 5.74) is 0. The maximum absolute atomic E-state index is 14.1. The highest BCUT2D eigenvalue weighted by molar-refractivity contribution is 7.95. The number of Topliss-reactive ketones (excluding diaryl/α,β-unsaturated/α-hetero) is 2. The maximum atomic E-state index is 14.1. The van der Waals surface area contributed by atoms with Crippen LogP contribution in [0.4, 0.5) is 52.7 Å². The van der Waals surface area contributed by atoms with Crippen molar-refractivity contribution in [2.75, 3.05) is 6.54 Å². The summed E-state index contributed by atoms with van der Waals surface area (Å²) in [7, 11) is -15.5. The number of rotatable bonds is 9. The van der Waals surface area contributed by atoms with Gasteiger partial charge in [-0.05, 0) is 6.92 Å². The summed E-state index contributed by atoms with van der Waals surface area (Å²) in [5, 5.41) is -15.1. The Morgan fingerprint density at radius 2 is 1.00 bits per heavy atom. The Hall–Kier alpha value is -1.64. The van der Waals surface area contributed by atoms with Gasteiger partial charge in [-0.2, -0.15) is 52.7 Å². The molecule has 0 rings (SSSR count). The molecule has 7 nitrogen and oxygen atoms in total. The first kappa shape index (κ1) is 30.4. The van der Waals surface area contributed by atoms with E-state index >= 15 is 0 Å². The van der Waals surface area contributed by atoms with Crippen molar-refractivity contribution in [1.82, 2.24) is 4.72 Å². The minimum Gasteiger partial charge on any atom is -0.287 e. The van der Waals surface area contributed by atoms with Gasteiger partial charge in [0.05, 0.1) is 0 Å². The van der Waals surface area contributed by atoms with Crippen molar-refractivity contribution in [2.45, 2.75) is 47.4 Å². The fraction of sp³-hybridized carbons (Fsp3) is 0.818. The number of hydrogen-bond donors (Lipinski definition) is 1. The van der Waals surface area contributed by atoms with Crippen LogP contribution < -0.4 is 4.72 Å². The highest BCUT2D eigenvalue weighted by Crippen LogP contribution is 2.54. The number of ketones is 2. The molecule has 0 radical (unpaired) electrons. The molecule has 21 heteroatoms. The van der Waals surface area contributed by atoms with Crippen LogP contribution in [0.3, 0.4) is 0 Å². The van der Waals surface area contributed by atoms with Crippen LogP contribution in [0.1, 0.15) is 13.8 Å². The molecule has 0 bridgehead atoms. The van der Waals surface area contributed by atoms with Crippen LogP contribution in [-0.2, 0) is 29.4 Å². The molecule has 0 heterocycles. The normalized spacial score (nSPS) is 15.6. The summed E-state index contributed by atoms with van der Waals surface area (Å²) in [5.74, 6) is -16.8. The molecule has 0 spiro atoms. The minimum atomic E-state index is -8.58. The average molecular weight is 543 g/mol. The predicted molar refractivity (Wildman–Crippen MR) is 76.9 cm³/mol. The molecule has 0 aromatic carbocycles. The standard InChI is InChI=1S/C11H9F12NO6S2/c1-3-24-32(29,30)11(22,23)9(18,19)10(20,21)31(27,28)6(2,4(25)7(12,13)14)5(26)8(15,16)17/h24H,3H2,1-2H3. The number of halogens is 12. The second-order valence-corrected chi connectivity index (χ2v) is 9.94. The van der Waals surface area contributed by atoms with E-state index in [4.69, 9.17) is 0 Å². The Kier molecular flexibility index (Phi) is 7.58. The van der Waals surface area contributed by atoms with Crippen LogP contribution in [0, 0.1) is 0 Å². The smallest absolute Gasteiger partial charge is 0.287 e. The molecule has 0 aliphatic carbocycles. The molecule has 0 aromatic heterocycles. The zero-order chi connectivity index (χ0) is 26.6. The van der Waals surface area contributed by atoms with E-state index in [1.807, 2.05) is 0 Å². The van der Waals surface area contributed by atoms with Crippen molar-refractivity contribution < 1.29 is 79.1 Å². The second-order valence-electron chi connectivity index (χ2n) is 5.80. The summed E-state index contributed by atoms with van der Waals surface area (Å²) in [6, 6.07) is 0. The molecule has 0 aliphatic rings. The SMILES string of the molecule is CCNS(=O)(=O)C(F)(F)C(F)(F)C(F)(F)S(=O)(=O)C(C)(C(=O)C(F)(F)F)C(=O)C(F)(F)F. The van der Waals surface area contributed by atoms with Crippen molar-refractivity contribution in [3.8, 4) is 0 Å². The number of sulfone groups is 1. The van der Waals surface area contributed by atoms with Crippen molar-refractivity contribution in [3.63, 3.8) is 0 Å². The molecule has 0 atom stereocenters. The van der Waals surface area contributed by atoms with E-state index < -0.39 is 78.4 Å². The van der Waals surface area contributed by atoms with Gasteiger partial charge < -0.3 is 0 Å². The van der Waals surface area contributed by atoms with E-state index in [2.05, 4.69) is 0 Å². The van der Waals surface area contributed by atoms with Gasteiger partial charge in [-0.15, -0.1) is 0 Å². The number of hydrogen-bond acceptors (Lipinski definition) is 6. The van der Waals surface area contributed by atoms with Crippen LogP contribution in [0.25, 0.3) is 0 Å². The number of nitrogens with one attached hydrogen (secondary N) is 1. The van der Waals surface area contributed by atoms with Crippen molar-refractivity contribution in [2.24, 2.45) is 0 Å². The van der Waals surface area contributed by atoms with Crippen molar-refractivity contribution >= 4 is 31.4 Å². The van der Waals surface area contributed by atoms with Gasteiger partial charge in [-0.25, -0.2) is 21.6 Å². The number of carbonyl (C=O) groups excluding carboxylic acids is 2. The van der Waals surface area contributed by atoms with Gasteiger partial charge in [0.15, 0.2) is 0 Å². The Labute approximate surface area is 170 Å². The molecule has 32 heavy (non-hydrogen) atoms. The van der Waals surface area contributed by atoms with Gasteiger partial charge in [0.2, 0.25) is 14.6 Å². The Balaban J connectivity index is 7.38. The first-order valence-electron chi connectivity index (χ1n) is 7.22. The summed E-state index contributed by atoms with van der Waals surface area (Å²) >= 11 is 0. The van der Waals surface area contributed by atoms with Gasteiger partial charge >= 0.3 is 28.8 Å². The molecule has 0 fully saturated rings. The molecular formula is C11H9F12NO6S2. The first-order valence-corrected chi connectivity index (χ1v) is 10.2. The highest BCUT2D eigenvalue weighted by atomic mass is 32.2. The molecule has 1 N–H and O–H groups in total. The third-order valence-electron chi connectivity index (χ3n) is 3.66. The van der Waals surface area contributed by atoms with Gasteiger partial charge in [0, 0.05) is 6.54 Å². The van der Waals surface area contributed by atoms with Gasteiger partial charge in [-0.3, -0.25) is 9.59 Å². The number of sulfonamides is 1. The molecule has 0 saturated carbocycles. The van der Waals surface area contributed by atoms with E-state index in [0.29, 0.717) is 11.6 Å².